The SMILES string of the molecule is O=C(COc1ccc(Cl)cc1)NCc1nc2c(n1-c1ccccc1)CCCC2. The molecule has 0 atom stereocenters. The Bertz CT molecular complexity index is 952. The predicted molar refractivity (Wildman–Crippen MR) is 109 cm³/mol. The van der Waals surface area contributed by atoms with Crippen molar-refractivity contribution in [3.05, 3.63) is 76.8 Å². The number of nitrogens with one attached hydrogen (secondary N) is 1. The number of aromatic nitrogens is 2. The number of rotatable bonds is 6. The first-order valence-electron chi connectivity index (χ1n) is 9.50. The minimum absolute atomic E-state index is 0.0482. The molecule has 0 fully saturated rings. The van der Waals surface area contributed by atoms with Crippen molar-refractivity contribution >= 4 is 17.5 Å². The molecule has 0 saturated carbocycles. The van der Waals surface area contributed by atoms with Crippen LogP contribution in [-0.2, 0) is 24.2 Å². The van der Waals surface area contributed by atoms with Gasteiger partial charge in [0.2, 0.25) is 0 Å². The zero-order chi connectivity index (χ0) is 19.3. The molecule has 0 radical (unpaired) electrons. The fourth-order valence-corrected chi connectivity index (χ4v) is 3.63. The first-order chi connectivity index (χ1) is 13.7. The van der Waals surface area contributed by atoms with Crippen LogP contribution in [0.25, 0.3) is 5.69 Å². The number of para-hydroxylation sites is 1. The molecule has 0 aliphatic heterocycles. The number of fused-ring (bicyclic) bond motifs is 1. The second-order valence-electron chi connectivity index (χ2n) is 6.82. The molecular weight excluding hydrogens is 374 g/mol. The van der Waals surface area contributed by atoms with Crippen molar-refractivity contribution in [1.82, 2.24) is 14.9 Å². The van der Waals surface area contributed by atoms with E-state index in [1.807, 2.05) is 18.2 Å². The van der Waals surface area contributed by atoms with E-state index in [0.29, 0.717) is 17.3 Å². The third-order valence-electron chi connectivity index (χ3n) is 4.84. The largest absolute Gasteiger partial charge is 0.484 e. The third kappa shape index (κ3) is 4.20. The van der Waals surface area contributed by atoms with Crippen LogP contribution < -0.4 is 10.1 Å². The minimum atomic E-state index is -0.185. The lowest BCUT2D eigenvalue weighted by molar-refractivity contribution is -0.123. The maximum atomic E-state index is 12.2. The molecule has 3 aromatic rings. The van der Waals surface area contributed by atoms with Gasteiger partial charge in [-0.1, -0.05) is 29.8 Å². The van der Waals surface area contributed by atoms with Gasteiger partial charge >= 0.3 is 0 Å². The number of hydrogen-bond donors (Lipinski definition) is 1. The summed E-state index contributed by atoms with van der Waals surface area (Å²) in [4.78, 5) is 17.1. The summed E-state index contributed by atoms with van der Waals surface area (Å²) in [5, 5.41) is 3.56. The van der Waals surface area contributed by atoms with Crippen molar-refractivity contribution in [2.45, 2.75) is 32.2 Å². The van der Waals surface area contributed by atoms with Gasteiger partial charge in [0, 0.05) is 16.4 Å². The smallest absolute Gasteiger partial charge is 0.258 e. The van der Waals surface area contributed by atoms with Crippen LogP contribution in [0.2, 0.25) is 5.02 Å². The first kappa shape index (κ1) is 18.6. The number of carbonyl (C=O) groups excluding carboxylic acids is 1. The molecule has 144 valence electrons. The lowest BCUT2D eigenvalue weighted by atomic mass is 10.0. The molecule has 1 aliphatic carbocycles. The van der Waals surface area contributed by atoms with E-state index in [4.69, 9.17) is 21.3 Å². The van der Waals surface area contributed by atoms with Crippen molar-refractivity contribution in [3.8, 4) is 11.4 Å². The number of imidazole rings is 1. The lowest BCUT2D eigenvalue weighted by Gasteiger charge is -2.15. The van der Waals surface area contributed by atoms with Crippen LogP contribution in [0, 0.1) is 0 Å². The highest BCUT2D eigenvalue weighted by Crippen LogP contribution is 2.25. The van der Waals surface area contributed by atoms with Crippen molar-refractivity contribution in [1.29, 1.82) is 0 Å². The maximum Gasteiger partial charge on any atom is 0.258 e. The molecule has 6 heteroatoms. The molecular formula is C22H22ClN3O2. The van der Waals surface area contributed by atoms with Gasteiger partial charge in [-0.2, -0.15) is 0 Å². The standard InChI is InChI=1S/C22H22ClN3O2/c23-16-10-12-18(13-11-16)28-15-22(27)24-14-21-25-19-8-4-5-9-20(19)26(21)17-6-2-1-3-7-17/h1-3,6-7,10-13H,4-5,8-9,14-15H2,(H,24,27). The molecule has 2 aromatic carbocycles. The van der Waals surface area contributed by atoms with E-state index in [-0.39, 0.29) is 12.5 Å². The Labute approximate surface area is 169 Å². The summed E-state index contributed by atoms with van der Waals surface area (Å²) >= 11 is 5.86. The number of carbonyl (C=O) groups is 1. The zero-order valence-electron chi connectivity index (χ0n) is 15.5. The van der Waals surface area contributed by atoms with Gasteiger partial charge in [-0.25, -0.2) is 4.98 Å². The monoisotopic (exact) mass is 395 g/mol. The second kappa shape index (κ2) is 8.48. The van der Waals surface area contributed by atoms with Crippen LogP contribution in [0.5, 0.6) is 5.75 Å². The number of halogens is 1. The van der Waals surface area contributed by atoms with E-state index in [1.165, 1.54) is 18.5 Å². The Morgan fingerprint density at radius 2 is 1.82 bits per heavy atom. The highest BCUT2D eigenvalue weighted by Gasteiger charge is 2.21. The summed E-state index contributed by atoms with van der Waals surface area (Å²) in [7, 11) is 0. The van der Waals surface area contributed by atoms with E-state index in [1.54, 1.807) is 24.3 Å². The molecule has 0 spiro atoms. The number of ether oxygens (including phenoxy) is 1. The lowest BCUT2D eigenvalue weighted by Crippen LogP contribution is -2.29. The molecule has 1 amide bonds. The van der Waals surface area contributed by atoms with E-state index >= 15 is 0 Å². The Hall–Kier alpha value is -2.79. The number of hydrogen-bond acceptors (Lipinski definition) is 3. The van der Waals surface area contributed by atoms with Crippen LogP contribution >= 0.6 is 11.6 Å². The van der Waals surface area contributed by atoms with Gasteiger partial charge in [0.25, 0.3) is 5.91 Å². The summed E-state index contributed by atoms with van der Waals surface area (Å²) < 4.78 is 7.70. The maximum absolute atomic E-state index is 12.2. The number of amides is 1. The highest BCUT2D eigenvalue weighted by molar-refractivity contribution is 6.30. The third-order valence-corrected chi connectivity index (χ3v) is 5.10. The van der Waals surface area contributed by atoms with E-state index in [9.17, 15) is 4.79 Å². The van der Waals surface area contributed by atoms with Crippen molar-refractivity contribution in [2.75, 3.05) is 6.61 Å². The van der Waals surface area contributed by atoms with Crippen molar-refractivity contribution in [2.24, 2.45) is 0 Å². The van der Waals surface area contributed by atoms with Gasteiger partial charge in [-0.15, -0.1) is 0 Å². The van der Waals surface area contributed by atoms with Gasteiger partial charge in [-0.05, 0) is 62.1 Å². The molecule has 1 heterocycles. The van der Waals surface area contributed by atoms with Gasteiger partial charge in [0.15, 0.2) is 6.61 Å². The summed E-state index contributed by atoms with van der Waals surface area (Å²) in [5.41, 5.74) is 3.50. The highest BCUT2D eigenvalue weighted by atomic mass is 35.5. The summed E-state index contributed by atoms with van der Waals surface area (Å²) in [6.07, 6.45) is 4.35. The van der Waals surface area contributed by atoms with Gasteiger partial charge < -0.3 is 10.1 Å². The molecule has 5 nitrogen and oxygen atoms in total. The van der Waals surface area contributed by atoms with Crippen molar-refractivity contribution in [3.63, 3.8) is 0 Å². The quantitative estimate of drug-likeness (QED) is 0.683. The zero-order valence-corrected chi connectivity index (χ0v) is 16.3. The minimum Gasteiger partial charge on any atom is -0.484 e. The topological polar surface area (TPSA) is 56.1 Å². The van der Waals surface area contributed by atoms with Crippen LogP contribution in [-0.4, -0.2) is 22.1 Å². The Morgan fingerprint density at radius 3 is 2.61 bits per heavy atom. The van der Waals surface area contributed by atoms with E-state index in [2.05, 4.69) is 22.0 Å². The first-order valence-corrected chi connectivity index (χ1v) is 9.88. The molecule has 1 aliphatic rings. The second-order valence-corrected chi connectivity index (χ2v) is 7.26. The average molecular weight is 396 g/mol. The van der Waals surface area contributed by atoms with Crippen LogP contribution in [0.4, 0.5) is 0 Å². The summed E-state index contributed by atoms with van der Waals surface area (Å²) in [6, 6.07) is 17.1. The molecule has 4 rings (SSSR count). The van der Waals surface area contributed by atoms with E-state index < -0.39 is 0 Å². The average Bonchev–Trinajstić information content (AvgIpc) is 3.11. The van der Waals surface area contributed by atoms with Gasteiger partial charge in [-0.3, -0.25) is 9.36 Å². The van der Waals surface area contributed by atoms with Crippen LogP contribution in [0.3, 0.4) is 0 Å². The molecule has 0 bridgehead atoms. The fraction of sp³-hybridized carbons (Fsp3) is 0.273. The molecule has 28 heavy (non-hydrogen) atoms. The predicted octanol–water partition coefficient (Wildman–Crippen LogP) is 4.10. The number of nitrogens with zero attached hydrogens (tertiary/aromatic N) is 2. The van der Waals surface area contributed by atoms with Crippen LogP contribution in [0.1, 0.15) is 30.1 Å². The van der Waals surface area contributed by atoms with E-state index in [0.717, 1.165) is 30.0 Å². The van der Waals surface area contributed by atoms with Crippen molar-refractivity contribution < 1.29 is 9.53 Å². The fourth-order valence-electron chi connectivity index (χ4n) is 3.51. The Morgan fingerprint density at radius 1 is 1.07 bits per heavy atom. The number of aryl methyl sites for hydroxylation is 1. The molecule has 0 saturated heterocycles. The summed E-state index contributed by atoms with van der Waals surface area (Å²) in [6.45, 7) is 0.318. The Kier molecular flexibility index (Phi) is 5.63. The number of benzene rings is 2. The van der Waals surface area contributed by atoms with Gasteiger partial charge in [0.1, 0.15) is 11.6 Å². The molecule has 0 unspecified atom stereocenters. The molecule has 1 N–H and O–H groups in total. The normalized spacial score (nSPS) is 13.0. The van der Waals surface area contributed by atoms with Crippen LogP contribution in [0.15, 0.2) is 54.6 Å². The summed E-state index contributed by atoms with van der Waals surface area (Å²) in [5.74, 6) is 1.29. The molecule has 1 aromatic heterocycles. The van der Waals surface area contributed by atoms with Gasteiger partial charge in [0.05, 0.1) is 12.2 Å². The Balaban J connectivity index is 1.45.